The summed E-state index contributed by atoms with van der Waals surface area (Å²) in [5, 5.41) is 0. The van der Waals surface area contributed by atoms with Crippen molar-refractivity contribution >= 4 is 0 Å². The zero-order valence-corrected chi connectivity index (χ0v) is 15.9. The number of hydrogen-bond donors (Lipinski definition) is 0. The van der Waals surface area contributed by atoms with Gasteiger partial charge in [-0.15, -0.1) is 0 Å². The monoisotopic (exact) mass is 282 g/mol. The van der Waals surface area contributed by atoms with Gasteiger partial charge in [0.1, 0.15) is 0 Å². The predicted molar refractivity (Wildman–Crippen MR) is 94.0 cm³/mol. The van der Waals surface area contributed by atoms with Crippen LogP contribution in [0.4, 0.5) is 0 Å². The fourth-order valence-electron chi connectivity index (χ4n) is 3.47. The highest BCUT2D eigenvalue weighted by molar-refractivity contribution is 4.78. The second-order valence-corrected chi connectivity index (χ2v) is 9.17. The molecule has 0 heteroatoms. The van der Waals surface area contributed by atoms with E-state index in [9.17, 15) is 0 Å². The van der Waals surface area contributed by atoms with Crippen LogP contribution in [0.5, 0.6) is 0 Å². The van der Waals surface area contributed by atoms with Crippen LogP contribution in [-0.2, 0) is 0 Å². The summed E-state index contributed by atoms with van der Waals surface area (Å²) in [5.74, 6) is 4.38. The summed E-state index contributed by atoms with van der Waals surface area (Å²) in [4.78, 5) is 0. The van der Waals surface area contributed by atoms with Gasteiger partial charge in [-0.3, -0.25) is 0 Å². The molecule has 0 nitrogen and oxygen atoms in total. The van der Waals surface area contributed by atoms with Crippen molar-refractivity contribution in [3.05, 3.63) is 0 Å². The Morgan fingerprint density at radius 1 is 0.800 bits per heavy atom. The Morgan fingerprint density at radius 3 is 1.65 bits per heavy atom. The van der Waals surface area contributed by atoms with Crippen LogP contribution in [0, 0.1) is 35.0 Å². The van der Waals surface area contributed by atoms with Crippen LogP contribution < -0.4 is 0 Å². The Hall–Kier alpha value is 0. The van der Waals surface area contributed by atoms with Crippen molar-refractivity contribution < 1.29 is 0 Å². The van der Waals surface area contributed by atoms with Crippen molar-refractivity contribution in [3.63, 3.8) is 0 Å². The van der Waals surface area contributed by atoms with Gasteiger partial charge in [0.15, 0.2) is 0 Å². The minimum absolute atomic E-state index is 0.479. The third-order valence-corrected chi connectivity index (χ3v) is 4.76. The summed E-state index contributed by atoms with van der Waals surface area (Å²) < 4.78 is 0. The molecule has 0 heterocycles. The highest BCUT2D eigenvalue weighted by Gasteiger charge is 2.28. The quantitative estimate of drug-likeness (QED) is 0.420. The van der Waals surface area contributed by atoms with E-state index in [0.717, 1.165) is 29.6 Å². The first kappa shape index (κ1) is 20.0. The van der Waals surface area contributed by atoms with E-state index in [2.05, 4.69) is 62.3 Å². The molecule has 0 saturated heterocycles. The molecule has 0 fully saturated rings. The lowest BCUT2D eigenvalue weighted by molar-refractivity contribution is 0.149. The van der Waals surface area contributed by atoms with Gasteiger partial charge in [0.25, 0.3) is 0 Å². The summed E-state index contributed by atoms with van der Waals surface area (Å²) in [6.07, 6.45) is 6.95. The van der Waals surface area contributed by atoms with E-state index in [-0.39, 0.29) is 0 Å². The molecule has 3 unspecified atom stereocenters. The standard InChI is InChI=1S/C20H42/c1-10-17(6)19(14-16(4)5)18(13-15(2)3)11-12-20(7,8)9/h15-19H,10-14H2,1-9H3. The van der Waals surface area contributed by atoms with Crippen molar-refractivity contribution in [3.8, 4) is 0 Å². The first-order chi connectivity index (χ1) is 9.06. The lowest BCUT2D eigenvalue weighted by atomic mass is 9.70. The summed E-state index contributed by atoms with van der Waals surface area (Å²) in [5.41, 5.74) is 0.479. The van der Waals surface area contributed by atoms with Crippen LogP contribution >= 0.6 is 0 Å². The molecule has 20 heavy (non-hydrogen) atoms. The molecule has 0 aliphatic carbocycles. The highest BCUT2D eigenvalue weighted by atomic mass is 14.3. The smallest absolute Gasteiger partial charge is 0.0358 e. The molecular formula is C20H42. The van der Waals surface area contributed by atoms with Crippen LogP contribution in [0.3, 0.4) is 0 Å². The molecule has 0 rings (SSSR count). The molecular weight excluding hydrogens is 240 g/mol. The van der Waals surface area contributed by atoms with E-state index in [1.807, 2.05) is 0 Å². The van der Waals surface area contributed by atoms with Crippen molar-refractivity contribution in [2.75, 3.05) is 0 Å². The van der Waals surface area contributed by atoms with Crippen LogP contribution in [0.15, 0.2) is 0 Å². The molecule has 0 spiro atoms. The lowest BCUT2D eigenvalue weighted by Gasteiger charge is -2.35. The maximum atomic E-state index is 2.48. The summed E-state index contributed by atoms with van der Waals surface area (Å²) in [6.45, 7) is 21.6. The first-order valence-corrected chi connectivity index (χ1v) is 9.06. The van der Waals surface area contributed by atoms with Crippen molar-refractivity contribution in [2.24, 2.45) is 35.0 Å². The van der Waals surface area contributed by atoms with Gasteiger partial charge in [-0.2, -0.15) is 0 Å². The van der Waals surface area contributed by atoms with E-state index < -0.39 is 0 Å². The Kier molecular flexibility index (Phi) is 9.11. The second-order valence-electron chi connectivity index (χ2n) is 9.17. The van der Waals surface area contributed by atoms with Gasteiger partial charge in [0.2, 0.25) is 0 Å². The Morgan fingerprint density at radius 2 is 1.30 bits per heavy atom. The van der Waals surface area contributed by atoms with Crippen LogP contribution in [0.1, 0.15) is 94.4 Å². The van der Waals surface area contributed by atoms with Gasteiger partial charge in [0, 0.05) is 0 Å². The van der Waals surface area contributed by atoms with Crippen molar-refractivity contribution in [1.29, 1.82) is 0 Å². The first-order valence-electron chi connectivity index (χ1n) is 9.06. The molecule has 0 aromatic rings. The van der Waals surface area contributed by atoms with E-state index in [1.165, 1.54) is 32.1 Å². The van der Waals surface area contributed by atoms with E-state index >= 15 is 0 Å². The summed E-state index contributed by atoms with van der Waals surface area (Å²) in [7, 11) is 0. The van der Waals surface area contributed by atoms with Gasteiger partial charge >= 0.3 is 0 Å². The van der Waals surface area contributed by atoms with E-state index in [0.29, 0.717) is 5.41 Å². The maximum absolute atomic E-state index is 2.48. The minimum Gasteiger partial charge on any atom is -0.0651 e. The van der Waals surface area contributed by atoms with Gasteiger partial charge in [-0.25, -0.2) is 0 Å². The SMILES string of the molecule is CCC(C)C(CC(C)C)C(CCC(C)(C)C)CC(C)C. The maximum Gasteiger partial charge on any atom is -0.0358 e. The highest BCUT2D eigenvalue weighted by Crippen LogP contribution is 2.38. The van der Waals surface area contributed by atoms with Gasteiger partial charge in [-0.05, 0) is 60.7 Å². The fourth-order valence-corrected chi connectivity index (χ4v) is 3.47. The zero-order chi connectivity index (χ0) is 15.9. The van der Waals surface area contributed by atoms with Crippen LogP contribution in [0.25, 0.3) is 0 Å². The Balaban J connectivity index is 4.89. The Bertz CT molecular complexity index is 231. The molecule has 0 amide bonds. The van der Waals surface area contributed by atoms with Crippen LogP contribution in [-0.4, -0.2) is 0 Å². The average Bonchev–Trinajstić information content (AvgIpc) is 2.29. The second kappa shape index (κ2) is 9.11. The normalized spacial score (nSPS) is 17.6. The summed E-state index contributed by atoms with van der Waals surface area (Å²) in [6, 6.07) is 0. The number of hydrogen-bond acceptors (Lipinski definition) is 0. The van der Waals surface area contributed by atoms with Crippen LogP contribution in [0.2, 0.25) is 0 Å². The molecule has 0 bridgehead atoms. The molecule has 0 saturated carbocycles. The third kappa shape index (κ3) is 9.03. The van der Waals surface area contributed by atoms with Gasteiger partial charge in [-0.1, -0.05) is 68.7 Å². The average molecular weight is 283 g/mol. The van der Waals surface area contributed by atoms with Gasteiger partial charge < -0.3 is 0 Å². The molecule has 0 aromatic carbocycles. The topological polar surface area (TPSA) is 0 Å². The molecule has 122 valence electrons. The summed E-state index contributed by atoms with van der Waals surface area (Å²) >= 11 is 0. The fraction of sp³-hybridized carbons (Fsp3) is 1.00. The Labute approximate surface area is 130 Å². The largest absolute Gasteiger partial charge is 0.0651 e. The number of rotatable bonds is 9. The molecule has 3 atom stereocenters. The van der Waals surface area contributed by atoms with Gasteiger partial charge in [0.05, 0.1) is 0 Å². The lowest BCUT2D eigenvalue weighted by Crippen LogP contribution is -2.26. The minimum atomic E-state index is 0.479. The molecule has 0 radical (unpaired) electrons. The molecule has 0 aromatic heterocycles. The zero-order valence-electron chi connectivity index (χ0n) is 15.9. The van der Waals surface area contributed by atoms with Crippen molar-refractivity contribution in [2.45, 2.75) is 94.4 Å². The molecule has 0 aliphatic rings. The van der Waals surface area contributed by atoms with E-state index in [4.69, 9.17) is 0 Å². The van der Waals surface area contributed by atoms with Crippen molar-refractivity contribution in [1.82, 2.24) is 0 Å². The molecule has 0 aliphatic heterocycles. The third-order valence-electron chi connectivity index (χ3n) is 4.76. The van der Waals surface area contributed by atoms with E-state index in [1.54, 1.807) is 0 Å². The molecule has 0 N–H and O–H groups in total. The predicted octanol–water partition coefficient (Wildman–Crippen LogP) is 7.18.